The van der Waals surface area contributed by atoms with Gasteiger partial charge in [0, 0.05) is 37.8 Å². The van der Waals surface area contributed by atoms with E-state index >= 15 is 0 Å². The molecule has 0 aromatic heterocycles. The van der Waals surface area contributed by atoms with E-state index in [0.29, 0.717) is 12.1 Å². The molecule has 0 radical (unpaired) electrons. The van der Waals surface area contributed by atoms with E-state index in [4.69, 9.17) is 11.6 Å². The lowest BCUT2D eigenvalue weighted by atomic mass is 10.1. The molecule has 1 fully saturated rings. The van der Waals surface area contributed by atoms with Crippen molar-refractivity contribution in [3.63, 3.8) is 0 Å². The largest absolute Gasteiger partial charge is 0.337 e. The molecule has 0 bridgehead atoms. The van der Waals surface area contributed by atoms with Gasteiger partial charge in [0.15, 0.2) is 0 Å². The lowest BCUT2D eigenvalue weighted by Crippen LogP contribution is -2.52. The molecule has 0 spiro atoms. The third kappa shape index (κ3) is 4.30. The first kappa shape index (κ1) is 17.7. The SMILES string of the molecule is CC1CNCCN1C(=O)Cc1ccc([N+](=O)[O-])cc1Cl.Cl. The molecule has 1 aliphatic rings. The van der Waals surface area contributed by atoms with Crippen LogP contribution in [0.25, 0.3) is 0 Å². The Morgan fingerprint density at radius 2 is 2.29 bits per heavy atom. The zero-order valence-corrected chi connectivity index (χ0v) is 13.1. The maximum absolute atomic E-state index is 12.3. The summed E-state index contributed by atoms with van der Waals surface area (Å²) in [5, 5.41) is 14.1. The number of halogens is 2. The van der Waals surface area contributed by atoms with Crippen LogP contribution in [0.4, 0.5) is 5.69 Å². The number of amides is 1. The summed E-state index contributed by atoms with van der Waals surface area (Å²) in [5.41, 5.74) is 0.551. The van der Waals surface area contributed by atoms with Gasteiger partial charge < -0.3 is 10.2 Å². The molecule has 1 aromatic carbocycles. The van der Waals surface area contributed by atoms with Gasteiger partial charge in [-0.05, 0) is 12.5 Å². The molecule has 2 rings (SSSR count). The number of non-ortho nitro benzene ring substituents is 1. The molecule has 1 saturated heterocycles. The van der Waals surface area contributed by atoms with Crippen molar-refractivity contribution in [1.82, 2.24) is 10.2 Å². The zero-order chi connectivity index (χ0) is 14.7. The first-order valence-corrected chi connectivity index (χ1v) is 6.80. The highest BCUT2D eigenvalue weighted by Gasteiger charge is 2.23. The van der Waals surface area contributed by atoms with Crippen molar-refractivity contribution < 1.29 is 9.72 Å². The summed E-state index contributed by atoms with van der Waals surface area (Å²) in [6.45, 7) is 4.22. The third-order valence-electron chi connectivity index (χ3n) is 3.41. The van der Waals surface area contributed by atoms with Crippen LogP contribution >= 0.6 is 24.0 Å². The van der Waals surface area contributed by atoms with Crippen LogP contribution in [-0.2, 0) is 11.2 Å². The van der Waals surface area contributed by atoms with Crippen LogP contribution in [-0.4, -0.2) is 41.4 Å². The van der Waals surface area contributed by atoms with Crippen molar-refractivity contribution in [2.75, 3.05) is 19.6 Å². The van der Waals surface area contributed by atoms with Gasteiger partial charge >= 0.3 is 0 Å². The molecule has 1 heterocycles. The smallest absolute Gasteiger partial charge is 0.270 e. The lowest BCUT2D eigenvalue weighted by Gasteiger charge is -2.34. The Kier molecular flexibility index (Phi) is 6.39. The molecule has 0 saturated carbocycles. The highest BCUT2D eigenvalue weighted by atomic mass is 35.5. The van der Waals surface area contributed by atoms with Crippen LogP contribution in [0.2, 0.25) is 5.02 Å². The fourth-order valence-corrected chi connectivity index (χ4v) is 2.51. The predicted octanol–water partition coefficient (Wildman–Crippen LogP) is 2.03. The second-order valence-corrected chi connectivity index (χ2v) is 5.26. The van der Waals surface area contributed by atoms with Gasteiger partial charge in [0.2, 0.25) is 5.91 Å². The Balaban J connectivity index is 0.00000220. The molecule has 1 atom stereocenters. The van der Waals surface area contributed by atoms with Gasteiger partial charge in [0.25, 0.3) is 5.69 Å². The molecule has 1 amide bonds. The summed E-state index contributed by atoms with van der Waals surface area (Å²) in [4.78, 5) is 24.2. The van der Waals surface area contributed by atoms with Crippen LogP contribution in [0.15, 0.2) is 18.2 Å². The number of benzene rings is 1. The minimum atomic E-state index is -0.504. The fraction of sp³-hybridized carbons (Fsp3) is 0.462. The van der Waals surface area contributed by atoms with Crippen LogP contribution in [0, 0.1) is 10.1 Å². The third-order valence-corrected chi connectivity index (χ3v) is 3.76. The Bertz CT molecular complexity index is 539. The Morgan fingerprint density at radius 3 is 2.86 bits per heavy atom. The van der Waals surface area contributed by atoms with E-state index in [-0.39, 0.29) is 41.5 Å². The molecule has 0 aliphatic carbocycles. The van der Waals surface area contributed by atoms with Gasteiger partial charge in [0.05, 0.1) is 16.4 Å². The molecular formula is C13H17Cl2N3O3. The number of nitrogens with one attached hydrogen (secondary N) is 1. The van der Waals surface area contributed by atoms with E-state index < -0.39 is 4.92 Å². The highest BCUT2D eigenvalue weighted by Crippen LogP contribution is 2.23. The van der Waals surface area contributed by atoms with E-state index in [0.717, 1.165) is 13.1 Å². The molecule has 21 heavy (non-hydrogen) atoms. The quantitative estimate of drug-likeness (QED) is 0.678. The Labute approximate surface area is 134 Å². The molecule has 116 valence electrons. The van der Waals surface area contributed by atoms with Crippen LogP contribution < -0.4 is 5.32 Å². The number of nitrogens with zero attached hydrogens (tertiary/aromatic N) is 2. The van der Waals surface area contributed by atoms with Gasteiger partial charge in [-0.1, -0.05) is 17.7 Å². The summed E-state index contributed by atoms with van der Waals surface area (Å²) >= 11 is 6.01. The van der Waals surface area contributed by atoms with Gasteiger partial charge in [0.1, 0.15) is 0 Å². The number of piperazine rings is 1. The van der Waals surface area contributed by atoms with Gasteiger partial charge in [-0.2, -0.15) is 0 Å². The summed E-state index contributed by atoms with van der Waals surface area (Å²) in [7, 11) is 0. The Hall–Kier alpha value is -1.37. The number of rotatable bonds is 3. The number of nitro benzene ring substituents is 1. The van der Waals surface area contributed by atoms with Gasteiger partial charge in [-0.25, -0.2) is 0 Å². The average molecular weight is 334 g/mol. The monoisotopic (exact) mass is 333 g/mol. The number of hydrogen-bond acceptors (Lipinski definition) is 4. The summed E-state index contributed by atoms with van der Waals surface area (Å²) in [5.74, 6) is -0.00486. The summed E-state index contributed by atoms with van der Waals surface area (Å²) in [6.07, 6.45) is 0.168. The first-order chi connectivity index (χ1) is 9.49. The average Bonchev–Trinajstić information content (AvgIpc) is 2.41. The minimum absolute atomic E-state index is 0. The minimum Gasteiger partial charge on any atom is -0.337 e. The van der Waals surface area contributed by atoms with E-state index in [1.165, 1.54) is 12.1 Å². The van der Waals surface area contributed by atoms with Crippen molar-refractivity contribution in [2.45, 2.75) is 19.4 Å². The molecule has 6 nitrogen and oxygen atoms in total. The van der Waals surface area contributed by atoms with Gasteiger partial charge in [-0.3, -0.25) is 14.9 Å². The molecule has 1 N–H and O–H groups in total. The predicted molar refractivity (Wildman–Crippen MR) is 83.1 cm³/mol. The van der Waals surface area contributed by atoms with Crippen molar-refractivity contribution in [3.8, 4) is 0 Å². The van der Waals surface area contributed by atoms with Gasteiger partial charge in [-0.15, -0.1) is 12.4 Å². The van der Waals surface area contributed by atoms with Crippen molar-refractivity contribution in [3.05, 3.63) is 38.9 Å². The fourth-order valence-electron chi connectivity index (χ4n) is 2.27. The van der Waals surface area contributed by atoms with Crippen molar-refractivity contribution in [1.29, 1.82) is 0 Å². The number of carbonyl (C=O) groups is 1. The lowest BCUT2D eigenvalue weighted by molar-refractivity contribution is -0.384. The van der Waals surface area contributed by atoms with E-state index in [1.54, 1.807) is 6.07 Å². The van der Waals surface area contributed by atoms with Crippen molar-refractivity contribution in [2.24, 2.45) is 0 Å². The zero-order valence-electron chi connectivity index (χ0n) is 11.5. The topological polar surface area (TPSA) is 75.5 Å². The molecule has 1 aliphatic heterocycles. The molecule has 1 aromatic rings. The van der Waals surface area contributed by atoms with Crippen LogP contribution in [0.5, 0.6) is 0 Å². The maximum atomic E-state index is 12.3. The van der Waals surface area contributed by atoms with Crippen molar-refractivity contribution >= 4 is 35.6 Å². The Morgan fingerprint density at radius 1 is 1.57 bits per heavy atom. The van der Waals surface area contributed by atoms with E-state index in [1.807, 2.05) is 11.8 Å². The second kappa shape index (κ2) is 7.59. The van der Waals surface area contributed by atoms with E-state index in [2.05, 4.69) is 5.32 Å². The normalized spacial score (nSPS) is 18.0. The maximum Gasteiger partial charge on any atom is 0.270 e. The molecule has 1 unspecified atom stereocenters. The summed E-state index contributed by atoms with van der Waals surface area (Å²) < 4.78 is 0. The number of hydrogen-bond donors (Lipinski definition) is 1. The summed E-state index contributed by atoms with van der Waals surface area (Å²) in [6, 6.07) is 4.35. The van der Waals surface area contributed by atoms with E-state index in [9.17, 15) is 14.9 Å². The number of nitro groups is 1. The standard InChI is InChI=1S/C13H16ClN3O3.ClH/c1-9-8-15-4-5-16(9)13(18)6-10-2-3-11(17(19)20)7-12(10)14;/h2-3,7,9,15H,4-6,8H2,1H3;1H. The molecular weight excluding hydrogens is 317 g/mol. The van der Waals surface area contributed by atoms with Crippen LogP contribution in [0.1, 0.15) is 12.5 Å². The first-order valence-electron chi connectivity index (χ1n) is 6.42. The molecule has 8 heteroatoms. The second-order valence-electron chi connectivity index (χ2n) is 4.85. The number of carbonyl (C=O) groups excluding carboxylic acids is 1. The highest BCUT2D eigenvalue weighted by molar-refractivity contribution is 6.31. The van der Waals surface area contributed by atoms with Crippen LogP contribution in [0.3, 0.4) is 0 Å².